The monoisotopic (exact) mass is 612 g/mol. The average Bonchev–Trinajstić information content (AvgIpc) is 3.56. The number of phenols is 1. The van der Waals surface area contributed by atoms with Gasteiger partial charge in [-0.25, -0.2) is 13.9 Å². The van der Waals surface area contributed by atoms with Crippen molar-refractivity contribution in [1.82, 2.24) is 25.2 Å². The Balaban J connectivity index is 0.000000483. The van der Waals surface area contributed by atoms with E-state index in [1.807, 2.05) is 4.90 Å². The number of amides is 2. The molecule has 2 aromatic carbocycles. The van der Waals surface area contributed by atoms with Gasteiger partial charge in [-0.1, -0.05) is 41.4 Å². The number of fused-ring (bicyclic) bond motifs is 1. The summed E-state index contributed by atoms with van der Waals surface area (Å²) in [6.45, 7) is -0.598. The van der Waals surface area contributed by atoms with Crippen LogP contribution in [0.1, 0.15) is 27.3 Å². The van der Waals surface area contributed by atoms with E-state index >= 15 is 0 Å². The maximum absolute atomic E-state index is 12.6. The Morgan fingerprint density at radius 3 is 2.46 bits per heavy atom. The second kappa shape index (κ2) is 12.6. The average molecular weight is 613 g/mol. The highest BCUT2D eigenvalue weighted by Gasteiger charge is 2.29. The third-order valence-electron chi connectivity index (χ3n) is 5.88. The summed E-state index contributed by atoms with van der Waals surface area (Å²) in [5.74, 6) is -1.61. The van der Waals surface area contributed by atoms with Crippen molar-refractivity contribution in [1.29, 1.82) is 0 Å². The molecule has 4 aromatic rings. The number of carbonyl (C=O) groups is 2. The Morgan fingerprint density at radius 2 is 1.80 bits per heavy atom. The Labute approximate surface area is 240 Å². The lowest BCUT2D eigenvalue weighted by Crippen LogP contribution is -2.37. The van der Waals surface area contributed by atoms with Crippen LogP contribution in [0.25, 0.3) is 5.65 Å². The predicted molar refractivity (Wildman–Crippen MR) is 144 cm³/mol. The molecule has 2 aromatic heterocycles. The van der Waals surface area contributed by atoms with Gasteiger partial charge >= 0.3 is 6.18 Å². The van der Waals surface area contributed by atoms with Gasteiger partial charge in [-0.2, -0.15) is 13.2 Å². The molecule has 0 saturated carbocycles. The lowest BCUT2D eigenvalue weighted by Gasteiger charge is -2.18. The molecule has 1 aliphatic heterocycles. The maximum atomic E-state index is 12.6. The number of hydrogen-bond donors (Lipinski definition) is 3. The molecule has 15 heteroatoms. The van der Waals surface area contributed by atoms with Gasteiger partial charge in [-0.05, 0) is 42.8 Å². The molecule has 0 bridgehead atoms. The molecule has 1 saturated heterocycles. The van der Waals surface area contributed by atoms with Crippen LogP contribution in [0.5, 0.6) is 5.75 Å². The Bertz CT molecular complexity index is 1550. The summed E-state index contributed by atoms with van der Waals surface area (Å²) in [4.78, 5) is 30.6. The van der Waals surface area contributed by atoms with Crippen LogP contribution >= 0.6 is 23.2 Å². The Kier molecular flexibility index (Phi) is 9.18. The van der Waals surface area contributed by atoms with Gasteiger partial charge in [-0.3, -0.25) is 9.59 Å². The Hall–Kier alpha value is -4.10. The highest BCUT2D eigenvalue weighted by Crippen LogP contribution is 2.31. The quantitative estimate of drug-likeness (QED) is 0.277. The zero-order valence-electron chi connectivity index (χ0n) is 21.0. The minimum atomic E-state index is -4.54. The van der Waals surface area contributed by atoms with Crippen LogP contribution in [-0.2, 0) is 0 Å². The van der Waals surface area contributed by atoms with E-state index in [-0.39, 0.29) is 38.9 Å². The van der Waals surface area contributed by atoms with E-state index < -0.39 is 24.5 Å². The normalized spacial score (nSPS) is 14.9. The molecule has 9 nitrogen and oxygen atoms in total. The SMILES string of the molecule is Fc1ccccc1.O=C(N[C@H]1CCN(c2ccc3ncc(C(=O)NCC(F)(F)F)n3n2)C1)c1cc(Cl)cc(Cl)c1O. The second-order valence-electron chi connectivity index (χ2n) is 8.89. The van der Waals surface area contributed by atoms with Gasteiger partial charge < -0.3 is 20.6 Å². The number of nitrogens with zero attached hydrogens (tertiary/aromatic N) is 4. The fourth-order valence-electron chi connectivity index (χ4n) is 3.96. The minimum absolute atomic E-state index is 0.0430. The summed E-state index contributed by atoms with van der Waals surface area (Å²) in [5, 5.41) is 19.2. The van der Waals surface area contributed by atoms with Crippen molar-refractivity contribution in [3.05, 3.63) is 87.9 Å². The number of nitrogens with one attached hydrogen (secondary N) is 2. The summed E-state index contributed by atoms with van der Waals surface area (Å²) in [7, 11) is 0. The van der Waals surface area contributed by atoms with Gasteiger partial charge in [0, 0.05) is 24.2 Å². The fraction of sp³-hybridized carbons (Fsp3) is 0.231. The van der Waals surface area contributed by atoms with Crippen molar-refractivity contribution in [2.75, 3.05) is 24.5 Å². The molecule has 0 aliphatic carbocycles. The van der Waals surface area contributed by atoms with Crippen LogP contribution in [0.2, 0.25) is 10.0 Å². The van der Waals surface area contributed by atoms with Gasteiger partial charge in [-0.15, -0.1) is 5.10 Å². The molecule has 0 spiro atoms. The zero-order valence-corrected chi connectivity index (χ0v) is 22.5. The van der Waals surface area contributed by atoms with E-state index in [0.717, 1.165) is 6.20 Å². The highest BCUT2D eigenvalue weighted by molar-refractivity contribution is 6.36. The van der Waals surface area contributed by atoms with Gasteiger partial charge in [0.2, 0.25) is 0 Å². The van der Waals surface area contributed by atoms with Gasteiger partial charge in [0.15, 0.2) is 11.3 Å². The number of aromatic hydroxyl groups is 1. The van der Waals surface area contributed by atoms with E-state index in [9.17, 15) is 32.3 Å². The van der Waals surface area contributed by atoms with Gasteiger partial charge in [0.25, 0.3) is 11.8 Å². The molecular formula is C26H22Cl2F4N6O3. The number of imidazole rings is 1. The van der Waals surface area contributed by atoms with E-state index in [0.29, 0.717) is 31.0 Å². The number of anilines is 1. The first-order chi connectivity index (χ1) is 19.4. The molecule has 0 unspecified atom stereocenters. The molecule has 5 rings (SSSR count). The summed E-state index contributed by atoms with van der Waals surface area (Å²) < 4.78 is 50.3. The van der Waals surface area contributed by atoms with Crippen LogP contribution in [0, 0.1) is 5.82 Å². The first-order valence-electron chi connectivity index (χ1n) is 12.1. The number of alkyl halides is 3. The standard InChI is InChI=1S/C20H17Cl2F3N6O3.C6H5F/c21-10-5-12(17(32)13(22)6-10)18(33)28-11-3-4-30(8-11)16-2-1-15-26-7-14(31(15)29-16)19(34)27-9-20(23,24)25;7-6-4-2-1-3-5-6/h1-2,5-7,11,32H,3-4,8-9H2,(H,27,34)(H,28,33);1-5H/t11-;/m0./s1. The number of aromatic nitrogens is 3. The number of carbonyl (C=O) groups excluding carboxylic acids is 2. The molecule has 2 amide bonds. The Morgan fingerprint density at radius 1 is 1.07 bits per heavy atom. The van der Waals surface area contributed by atoms with Crippen LogP contribution < -0.4 is 15.5 Å². The fourth-order valence-corrected chi connectivity index (χ4v) is 4.45. The highest BCUT2D eigenvalue weighted by atomic mass is 35.5. The molecule has 41 heavy (non-hydrogen) atoms. The number of benzene rings is 2. The first kappa shape index (κ1) is 29.9. The summed E-state index contributed by atoms with van der Waals surface area (Å²) in [5.41, 5.74) is 0.0974. The van der Waals surface area contributed by atoms with Crippen LogP contribution in [0.3, 0.4) is 0 Å². The molecule has 3 heterocycles. The van der Waals surface area contributed by atoms with Crippen LogP contribution in [-0.4, -0.2) is 63.4 Å². The smallest absolute Gasteiger partial charge is 0.405 e. The van der Waals surface area contributed by atoms with E-state index in [1.54, 1.807) is 35.6 Å². The summed E-state index contributed by atoms with van der Waals surface area (Å²) >= 11 is 11.8. The third kappa shape index (κ3) is 7.76. The van der Waals surface area contributed by atoms with Crippen molar-refractivity contribution < 1.29 is 32.3 Å². The van der Waals surface area contributed by atoms with E-state index in [1.165, 1.54) is 28.8 Å². The molecule has 216 valence electrons. The van der Waals surface area contributed by atoms with Gasteiger partial charge in [0.1, 0.15) is 23.9 Å². The molecule has 1 aliphatic rings. The van der Waals surface area contributed by atoms with Crippen molar-refractivity contribution in [3.8, 4) is 5.75 Å². The number of rotatable bonds is 5. The lowest BCUT2D eigenvalue weighted by atomic mass is 10.1. The largest absolute Gasteiger partial charge is 0.506 e. The van der Waals surface area contributed by atoms with E-state index in [2.05, 4.69) is 15.4 Å². The molecule has 1 fully saturated rings. The summed E-state index contributed by atoms with van der Waals surface area (Å²) in [6.07, 6.45) is -2.84. The molecular weight excluding hydrogens is 591 g/mol. The minimum Gasteiger partial charge on any atom is -0.506 e. The number of hydrogen-bond acceptors (Lipinski definition) is 6. The lowest BCUT2D eigenvalue weighted by molar-refractivity contribution is -0.123. The predicted octanol–water partition coefficient (Wildman–Crippen LogP) is 4.87. The number of phenolic OH excluding ortho intramolecular Hbond substituents is 1. The maximum Gasteiger partial charge on any atom is 0.405 e. The molecule has 1 atom stereocenters. The van der Waals surface area contributed by atoms with Crippen molar-refractivity contribution >= 4 is 46.5 Å². The van der Waals surface area contributed by atoms with Crippen LogP contribution in [0.4, 0.5) is 23.4 Å². The third-order valence-corrected chi connectivity index (χ3v) is 6.39. The number of halogens is 6. The van der Waals surface area contributed by atoms with E-state index in [4.69, 9.17) is 23.2 Å². The van der Waals surface area contributed by atoms with Gasteiger partial charge in [0.05, 0.1) is 16.8 Å². The van der Waals surface area contributed by atoms with Crippen molar-refractivity contribution in [2.45, 2.75) is 18.6 Å². The molecule has 3 N–H and O–H groups in total. The van der Waals surface area contributed by atoms with Crippen LogP contribution in [0.15, 0.2) is 60.8 Å². The zero-order chi connectivity index (χ0) is 29.7. The second-order valence-corrected chi connectivity index (χ2v) is 9.73. The first-order valence-corrected chi connectivity index (χ1v) is 12.8. The van der Waals surface area contributed by atoms with Crippen molar-refractivity contribution in [2.24, 2.45) is 0 Å². The topological polar surface area (TPSA) is 112 Å². The molecule has 0 radical (unpaired) electrons. The van der Waals surface area contributed by atoms with Crippen molar-refractivity contribution in [3.63, 3.8) is 0 Å². The summed E-state index contributed by atoms with van der Waals surface area (Å²) in [6, 6.07) is 13.5.